The molecule has 3 unspecified atom stereocenters. The lowest BCUT2D eigenvalue weighted by atomic mass is 9.93. The van der Waals surface area contributed by atoms with Crippen LogP contribution in [-0.4, -0.2) is 16.1 Å². The van der Waals surface area contributed by atoms with E-state index in [9.17, 15) is 0 Å². The Bertz CT molecular complexity index is 177. The van der Waals surface area contributed by atoms with E-state index in [2.05, 4.69) is 36.4 Å². The van der Waals surface area contributed by atoms with E-state index < -0.39 is 0 Å². The molecule has 2 heteroatoms. The average Bonchev–Trinajstić information content (AvgIpc) is 2.75. The lowest BCUT2D eigenvalue weighted by molar-refractivity contribution is -0.0663. The summed E-state index contributed by atoms with van der Waals surface area (Å²) in [5, 5.41) is 0. The van der Waals surface area contributed by atoms with Crippen molar-refractivity contribution in [1.82, 2.24) is 0 Å². The summed E-state index contributed by atoms with van der Waals surface area (Å²) in [5.41, 5.74) is 0.561. The molecule has 1 aliphatic carbocycles. The average molecular weight is 280 g/mol. The third-order valence-corrected chi connectivity index (χ3v) is 5.04. The van der Waals surface area contributed by atoms with Crippen LogP contribution >= 0.6 is 22.6 Å². The first-order valence-electron chi connectivity index (χ1n) is 4.91. The van der Waals surface area contributed by atoms with Crippen molar-refractivity contribution in [2.45, 2.75) is 55.7 Å². The standard InChI is InChI=1S/C10H17IO/c1-7-8(11)3-4-9(12-7)10(2)5-6-10/h7-9H,3-6H2,1-2H3. The maximum Gasteiger partial charge on any atom is 0.0668 e. The fraction of sp³-hybridized carbons (Fsp3) is 1.00. The third-order valence-electron chi connectivity index (χ3n) is 3.41. The molecule has 2 rings (SSSR count). The predicted molar refractivity (Wildman–Crippen MR) is 58.7 cm³/mol. The predicted octanol–water partition coefficient (Wildman–Crippen LogP) is 3.16. The van der Waals surface area contributed by atoms with Gasteiger partial charge in [0.15, 0.2) is 0 Å². The van der Waals surface area contributed by atoms with Gasteiger partial charge in [0.25, 0.3) is 0 Å². The van der Waals surface area contributed by atoms with Crippen LogP contribution in [0.15, 0.2) is 0 Å². The Morgan fingerprint density at radius 2 is 2.00 bits per heavy atom. The molecule has 2 aliphatic rings. The summed E-state index contributed by atoms with van der Waals surface area (Å²) in [6, 6.07) is 0. The van der Waals surface area contributed by atoms with Crippen molar-refractivity contribution in [3.05, 3.63) is 0 Å². The molecule has 1 aliphatic heterocycles. The fourth-order valence-corrected chi connectivity index (χ4v) is 2.52. The minimum atomic E-state index is 0.474. The van der Waals surface area contributed by atoms with E-state index in [-0.39, 0.29) is 0 Å². The van der Waals surface area contributed by atoms with Crippen LogP contribution in [-0.2, 0) is 4.74 Å². The molecule has 0 aromatic rings. The first-order valence-corrected chi connectivity index (χ1v) is 6.16. The summed E-state index contributed by atoms with van der Waals surface area (Å²) in [6.45, 7) is 4.59. The highest BCUT2D eigenvalue weighted by Gasteiger charge is 2.47. The molecule has 0 amide bonds. The molecule has 0 N–H and O–H groups in total. The highest BCUT2D eigenvalue weighted by Crippen LogP contribution is 2.52. The van der Waals surface area contributed by atoms with Gasteiger partial charge in [-0.1, -0.05) is 29.5 Å². The zero-order valence-corrected chi connectivity index (χ0v) is 10.0. The summed E-state index contributed by atoms with van der Waals surface area (Å²) in [6.07, 6.45) is 6.45. The molecule has 1 saturated heterocycles. The molecule has 1 nitrogen and oxygen atoms in total. The second-order valence-corrected chi connectivity index (χ2v) is 6.18. The Morgan fingerprint density at radius 1 is 1.33 bits per heavy atom. The summed E-state index contributed by atoms with van der Waals surface area (Å²) in [4.78, 5) is 0. The molecule has 2 fully saturated rings. The van der Waals surface area contributed by atoms with Crippen molar-refractivity contribution in [3.63, 3.8) is 0 Å². The van der Waals surface area contributed by atoms with Gasteiger partial charge >= 0.3 is 0 Å². The zero-order chi connectivity index (χ0) is 8.77. The highest BCUT2D eigenvalue weighted by atomic mass is 127. The minimum Gasteiger partial charge on any atom is -0.374 e. The second kappa shape index (κ2) is 3.12. The van der Waals surface area contributed by atoms with E-state index in [4.69, 9.17) is 4.74 Å². The summed E-state index contributed by atoms with van der Waals surface area (Å²) in [5.74, 6) is 0. The number of hydrogen-bond donors (Lipinski definition) is 0. The number of alkyl halides is 1. The SMILES string of the molecule is CC1OC(C2(C)CC2)CCC1I. The highest BCUT2D eigenvalue weighted by molar-refractivity contribution is 14.1. The Morgan fingerprint density at radius 3 is 2.50 bits per heavy atom. The molecule has 0 radical (unpaired) electrons. The van der Waals surface area contributed by atoms with Gasteiger partial charge in [0.05, 0.1) is 12.2 Å². The summed E-state index contributed by atoms with van der Waals surface area (Å²) in [7, 11) is 0. The van der Waals surface area contributed by atoms with Crippen molar-refractivity contribution in [1.29, 1.82) is 0 Å². The van der Waals surface area contributed by atoms with Crippen LogP contribution in [0.2, 0.25) is 0 Å². The zero-order valence-electron chi connectivity index (χ0n) is 7.85. The van der Waals surface area contributed by atoms with Crippen molar-refractivity contribution >= 4 is 22.6 Å². The number of hydrogen-bond acceptors (Lipinski definition) is 1. The Hall–Kier alpha value is 0.690. The van der Waals surface area contributed by atoms with Crippen LogP contribution in [0, 0.1) is 5.41 Å². The van der Waals surface area contributed by atoms with Crippen LogP contribution < -0.4 is 0 Å². The van der Waals surface area contributed by atoms with E-state index in [1.807, 2.05) is 0 Å². The molecule has 1 saturated carbocycles. The van der Waals surface area contributed by atoms with E-state index in [1.165, 1.54) is 25.7 Å². The maximum atomic E-state index is 6.02. The first kappa shape index (κ1) is 9.25. The summed E-state index contributed by atoms with van der Waals surface area (Å²) < 4.78 is 6.76. The smallest absolute Gasteiger partial charge is 0.0668 e. The first-order chi connectivity index (χ1) is 5.62. The molecule has 1 heterocycles. The van der Waals surface area contributed by atoms with E-state index in [1.54, 1.807) is 0 Å². The van der Waals surface area contributed by atoms with Crippen LogP contribution in [0.5, 0.6) is 0 Å². The molecule has 0 bridgehead atoms. The number of rotatable bonds is 1. The second-order valence-electron chi connectivity index (χ2n) is 4.58. The fourth-order valence-electron chi connectivity index (χ4n) is 1.99. The van der Waals surface area contributed by atoms with Gasteiger partial charge in [0.2, 0.25) is 0 Å². The van der Waals surface area contributed by atoms with E-state index in [0.717, 1.165) is 3.92 Å². The molecule has 0 aromatic heterocycles. The van der Waals surface area contributed by atoms with Crippen molar-refractivity contribution in [2.75, 3.05) is 0 Å². The lowest BCUT2D eigenvalue weighted by Gasteiger charge is -2.35. The van der Waals surface area contributed by atoms with Gasteiger partial charge in [-0.05, 0) is 38.0 Å². The van der Waals surface area contributed by atoms with Crippen LogP contribution in [0.3, 0.4) is 0 Å². The van der Waals surface area contributed by atoms with Crippen LogP contribution in [0.4, 0.5) is 0 Å². The van der Waals surface area contributed by atoms with Gasteiger partial charge in [-0.25, -0.2) is 0 Å². The molecule has 3 atom stereocenters. The van der Waals surface area contributed by atoms with Gasteiger partial charge in [0.1, 0.15) is 0 Å². The lowest BCUT2D eigenvalue weighted by Crippen LogP contribution is -2.37. The van der Waals surface area contributed by atoms with Crippen molar-refractivity contribution in [3.8, 4) is 0 Å². The molecule has 0 aromatic carbocycles. The van der Waals surface area contributed by atoms with Crippen molar-refractivity contribution < 1.29 is 4.74 Å². The Balaban J connectivity index is 1.94. The molecule has 12 heavy (non-hydrogen) atoms. The van der Waals surface area contributed by atoms with Crippen LogP contribution in [0.1, 0.15) is 39.5 Å². The number of ether oxygens (including phenoxy) is 1. The topological polar surface area (TPSA) is 9.23 Å². The van der Waals surface area contributed by atoms with Gasteiger partial charge in [-0.2, -0.15) is 0 Å². The number of halogens is 1. The molecule has 70 valence electrons. The van der Waals surface area contributed by atoms with Gasteiger partial charge in [-0.3, -0.25) is 0 Å². The Labute approximate surface area is 88.4 Å². The molecular weight excluding hydrogens is 263 g/mol. The van der Waals surface area contributed by atoms with Crippen molar-refractivity contribution in [2.24, 2.45) is 5.41 Å². The largest absolute Gasteiger partial charge is 0.374 e. The maximum absolute atomic E-state index is 6.02. The quantitative estimate of drug-likeness (QED) is 0.529. The normalized spacial score (nSPS) is 45.8. The minimum absolute atomic E-state index is 0.474. The van der Waals surface area contributed by atoms with Gasteiger partial charge in [-0.15, -0.1) is 0 Å². The molecular formula is C10H17IO. The molecule has 0 spiro atoms. The monoisotopic (exact) mass is 280 g/mol. The Kier molecular flexibility index (Phi) is 2.41. The van der Waals surface area contributed by atoms with Gasteiger partial charge in [0, 0.05) is 3.92 Å². The van der Waals surface area contributed by atoms with E-state index >= 15 is 0 Å². The van der Waals surface area contributed by atoms with Crippen LogP contribution in [0.25, 0.3) is 0 Å². The van der Waals surface area contributed by atoms with E-state index in [0.29, 0.717) is 17.6 Å². The van der Waals surface area contributed by atoms with Gasteiger partial charge < -0.3 is 4.74 Å². The summed E-state index contributed by atoms with van der Waals surface area (Å²) >= 11 is 2.52. The third kappa shape index (κ3) is 1.65.